The van der Waals surface area contributed by atoms with E-state index in [2.05, 4.69) is 10.9 Å². The molecule has 1 aromatic heterocycles. The highest BCUT2D eigenvalue weighted by Gasteiger charge is 2.48. The number of carbonyl (C=O) groups is 1. The monoisotopic (exact) mass is 495 g/mol. The van der Waals surface area contributed by atoms with Crippen LogP contribution in [0.4, 0.5) is 0 Å². The van der Waals surface area contributed by atoms with E-state index >= 15 is 0 Å². The van der Waals surface area contributed by atoms with Crippen molar-refractivity contribution in [1.29, 1.82) is 0 Å². The molecule has 13 heteroatoms. The summed E-state index contributed by atoms with van der Waals surface area (Å²) < 4.78 is 32.6. The van der Waals surface area contributed by atoms with Crippen molar-refractivity contribution in [3.8, 4) is 5.75 Å². The summed E-state index contributed by atoms with van der Waals surface area (Å²) in [6.45, 7) is 3.93. The van der Waals surface area contributed by atoms with Crippen LogP contribution in [0, 0.1) is 0 Å². The van der Waals surface area contributed by atoms with Crippen molar-refractivity contribution in [2.75, 3.05) is 12.3 Å². The van der Waals surface area contributed by atoms with Gasteiger partial charge in [0, 0.05) is 23.2 Å². The third kappa shape index (κ3) is 5.63. The molecule has 2 aromatic rings. The van der Waals surface area contributed by atoms with Gasteiger partial charge in [0.15, 0.2) is 4.47 Å². The molecule has 166 valence electrons. The van der Waals surface area contributed by atoms with Crippen molar-refractivity contribution in [2.24, 2.45) is 5.90 Å². The summed E-state index contributed by atoms with van der Waals surface area (Å²) in [4.78, 5) is 16.6. The van der Waals surface area contributed by atoms with E-state index in [0.717, 1.165) is 9.18 Å². The van der Waals surface area contributed by atoms with Crippen LogP contribution in [0.25, 0.3) is 0 Å². The van der Waals surface area contributed by atoms with E-state index in [0.29, 0.717) is 16.0 Å². The van der Waals surface area contributed by atoms with Crippen molar-refractivity contribution in [3.05, 3.63) is 39.8 Å². The summed E-state index contributed by atoms with van der Waals surface area (Å²) in [5.74, 6) is 3.38. The van der Waals surface area contributed by atoms with Crippen LogP contribution in [0.1, 0.15) is 18.7 Å². The van der Waals surface area contributed by atoms with Crippen molar-refractivity contribution in [2.45, 2.75) is 36.1 Å². The minimum absolute atomic E-state index is 0.0367. The van der Waals surface area contributed by atoms with Crippen LogP contribution in [0.2, 0.25) is 4.47 Å². The molecule has 0 unspecified atom stereocenters. The molecule has 30 heavy (non-hydrogen) atoms. The number of ether oxygens (including phenoxy) is 1. The number of aliphatic carboxylic acids is 1. The second kappa shape index (κ2) is 10.3. The Morgan fingerprint density at radius 1 is 1.37 bits per heavy atom. The third-order valence-electron chi connectivity index (χ3n) is 4.30. The van der Waals surface area contributed by atoms with Crippen molar-refractivity contribution < 1.29 is 28.3 Å². The third-order valence-corrected chi connectivity index (χ3v) is 8.62. The Hall–Kier alpha value is -1.41. The predicted molar refractivity (Wildman–Crippen MR) is 116 cm³/mol. The van der Waals surface area contributed by atoms with Gasteiger partial charge in [-0.1, -0.05) is 11.6 Å². The molecule has 2 heterocycles. The molecule has 0 radical (unpaired) electrons. The first-order valence-corrected chi connectivity index (χ1v) is 12.2. The maximum absolute atomic E-state index is 13.1. The van der Waals surface area contributed by atoms with Gasteiger partial charge in [-0.2, -0.15) is 16.1 Å². The number of nitrogens with two attached hydrogens (primary N) is 1. The average Bonchev–Trinajstić information content (AvgIpc) is 3.12. The molecule has 0 spiro atoms. The van der Waals surface area contributed by atoms with E-state index in [-0.39, 0.29) is 18.0 Å². The topological polar surface area (TPSA) is 143 Å². The fourth-order valence-corrected chi connectivity index (χ4v) is 6.97. The Morgan fingerprint density at radius 2 is 2.00 bits per heavy atom. The summed E-state index contributed by atoms with van der Waals surface area (Å²) >= 11 is 8.54. The number of hydrogen-bond acceptors (Lipinski definition) is 9. The maximum atomic E-state index is 13.1. The van der Waals surface area contributed by atoms with Gasteiger partial charge in [-0.15, -0.1) is 11.3 Å². The number of rotatable bonds is 6. The highest BCUT2D eigenvalue weighted by atomic mass is 35.5. The van der Waals surface area contributed by atoms with Crippen LogP contribution >= 0.6 is 34.7 Å². The van der Waals surface area contributed by atoms with Crippen LogP contribution in [0.3, 0.4) is 0 Å². The van der Waals surface area contributed by atoms with Crippen molar-refractivity contribution >= 4 is 50.7 Å². The van der Waals surface area contributed by atoms with Gasteiger partial charge >= 0.3 is 5.97 Å². The second-order valence-corrected chi connectivity index (χ2v) is 12.0. The molecule has 0 saturated carbocycles. The predicted octanol–water partition coefficient (Wildman–Crippen LogP) is 2.68. The number of sulfonamides is 1. The quantitative estimate of drug-likeness (QED) is 0.515. The number of nitrogens with zero attached hydrogens (tertiary/aromatic N) is 2. The Balaban J connectivity index is 0.00000155. The SMILES string of the molecule is CC1(C)SCCN(S(=O)(=O)c2ccc(OCc3cnc(Cl)s3)cc2)[C@H]1C(=O)O.NO. The lowest BCUT2D eigenvalue weighted by atomic mass is 10.0. The molecular weight excluding hydrogens is 474 g/mol. The van der Waals surface area contributed by atoms with Gasteiger partial charge in [0.2, 0.25) is 10.0 Å². The van der Waals surface area contributed by atoms with E-state index in [4.69, 9.17) is 21.5 Å². The van der Waals surface area contributed by atoms with Crippen molar-refractivity contribution in [3.63, 3.8) is 0 Å². The Labute approximate surface area is 187 Å². The highest BCUT2D eigenvalue weighted by molar-refractivity contribution is 8.00. The number of aromatic nitrogens is 1. The molecule has 1 atom stereocenters. The number of thiazole rings is 1. The molecule has 3 rings (SSSR count). The highest BCUT2D eigenvalue weighted by Crippen LogP contribution is 2.38. The molecule has 1 aliphatic heterocycles. The van der Waals surface area contributed by atoms with Gasteiger partial charge in [0.05, 0.1) is 9.77 Å². The van der Waals surface area contributed by atoms with Gasteiger partial charge in [0.1, 0.15) is 18.4 Å². The Bertz CT molecular complexity index is 965. The van der Waals surface area contributed by atoms with Gasteiger partial charge < -0.3 is 15.1 Å². The zero-order valence-electron chi connectivity index (χ0n) is 16.2. The lowest BCUT2D eigenvalue weighted by molar-refractivity contribution is -0.142. The van der Waals surface area contributed by atoms with E-state index in [1.54, 1.807) is 32.2 Å². The van der Waals surface area contributed by atoms with E-state index in [1.807, 2.05) is 0 Å². The molecule has 1 fully saturated rings. The van der Waals surface area contributed by atoms with E-state index in [9.17, 15) is 18.3 Å². The van der Waals surface area contributed by atoms with E-state index < -0.39 is 26.8 Å². The largest absolute Gasteiger partial charge is 0.488 e. The number of halogens is 1. The molecule has 1 aliphatic rings. The Kier molecular flexibility index (Phi) is 8.51. The lowest BCUT2D eigenvalue weighted by Crippen LogP contribution is -2.58. The molecule has 0 bridgehead atoms. The number of thioether (sulfide) groups is 1. The molecule has 1 saturated heterocycles. The Morgan fingerprint density at radius 3 is 2.53 bits per heavy atom. The zero-order valence-corrected chi connectivity index (χ0v) is 19.4. The average molecular weight is 496 g/mol. The summed E-state index contributed by atoms with van der Waals surface area (Å²) in [5, 5.41) is 16.1. The molecule has 0 aliphatic carbocycles. The minimum atomic E-state index is -3.95. The number of carboxylic acids is 1. The standard InChI is InChI=1S/C17H19ClN2O5S3.H3NO/c1-17(2)14(15(21)22)20(7-8-26-17)28(23,24)13-5-3-11(4-6-13)25-10-12-9-19-16(18)27-12;1-2/h3-6,9,14H,7-8,10H2,1-2H3,(H,21,22);2H,1H2/t14-;/m0./s1. The maximum Gasteiger partial charge on any atom is 0.323 e. The van der Waals surface area contributed by atoms with Crippen LogP contribution in [-0.4, -0.2) is 57.1 Å². The molecule has 4 N–H and O–H groups in total. The van der Waals surface area contributed by atoms with Gasteiger partial charge in [-0.3, -0.25) is 4.79 Å². The zero-order chi connectivity index (χ0) is 22.5. The molecule has 9 nitrogen and oxygen atoms in total. The van der Waals surface area contributed by atoms with Gasteiger partial charge in [0.25, 0.3) is 0 Å². The first kappa shape index (κ1) is 24.9. The van der Waals surface area contributed by atoms with Crippen LogP contribution in [0.5, 0.6) is 5.75 Å². The fourth-order valence-electron chi connectivity index (χ4n) is 2.98. The normalized spacial score (nSPS) is 18.9. The smallest absolute Gasteiger partial charge is 0.323 e. The number of hydrogen-bond donors (Lipinski definition) is 3. The van der Waals surface area contributed by atoms with Crippen LogP contribution < -0.4 is 10.6 Å². The summed E-state index contributed by atoms with van der Waals surface area (Å²) in [7, 11) is -3.95. The van der Waals surface area contributed by atoms with Gasteiger partial charge in [-0.25, -0.2) is 19.3 Å². The molecular formula is C17H22ClN3O6S3. The number of benzene rings is 1. The summed E-state index contributed by atoms with van der Waals surface area (Å²) in [6, 6.07) is 4.82. The fraction of sp³-hybridized carbons (Fsp3) is 0.412. The van der Waals surface area contributed by atoms with Crippen molar-refractivity contribution in [1.82, 2.24) is 9.29 Å². The minimum Gasteiger partial charge on any atom is -0.488 e. The van der Waals surface area contributed by atoms with Crippen LogP contribution in [-0.2, 0) is 21.4 Å². The number of carboxylic acid groups (broad SMARTS) is 1. The molecule has 0 amide bonds. The first-order valence-electron chi connectivity index (χ1n) is 8.59. The van der Waals surface area contributed by atoms with Crippen LogP contribution in [0.15, 0.2) is 35.4 Å². The van der Waals surface area contributed by atoms with Gasteiger partial charge in [-0.05, 0) is 38.1 Å². The van der Waals surface area contributed by atoms with E-state index in [1.165, 1.54) is 35.2 Å². The summed E-state index contributed by atoms with van der Waals surface area (Å²) in [5.41, 5.74) is 0. The lowest BCUT2D eigenvalue weighted by Gasteiger charge is -2.42. The molecule has 1 aromatic carbocycles. The summed E-state index contributed by atoms with van der Waals surface area (Å²) in [6.07, 6.45) is 1.62. The first-order chi connectivity index (χ1) is 14.1. The second-order valence-electron chi connectivity index (χ2n) is 6.65.